The first-order valence-electron chi connectivity index (χ1n) is 5.62. The summed E-state index contributed by atoms with van der Waals surface area (Å²) < 4.78 is 0. The Bertz CT molecular complexity index is 501. The van der Waals surface area contributed by atoms with Crippen molar-refractivity contribution in [2.75, 3.05) is 0 Å². The molecule has 5 heteroatoms. The van der Waals surface area contributed by atoms with E-state index in [1.54, 1.807) is 12.2 Å². The Morgan fingerprint density at radius 1 is 1.50 bits per heavy atom. The Hall–Kier alpha value is -2.17. The zero-order chi connectivity index (χ0) is 13.3. The van der Waals surface area contributed by atoms with E-state index in [9.17, 15) is 14.4 Å². The highest BCUT2D eigenvalue weighted by atomic mass is 16.4. The fourth-order valence-corrected chi connectivity index (χ4v) is 2.21. The summed E-state index contributed by atoms with van der Waals surface area (Å²) in [4.78, 5) is 35.6. The monoisotopic (exact) mass is 247 g/mol. The Balaban J connectivity index is 2.29. The average molecular weight is 247 g/mol. The molecule has 18 heavy (non-hydrogen) atoms. The molecule has 2 amide bonds. The molecular weight excluding hydrogens is 234 g/mol. The predicted molar refractivity (Wildman–Crippen MR) is 63.5 cm³/mol. The van der Waals surface area contributed by atoms with Crippen LogP contribution in [0.1, 0.15) is 19.3 Å². The van der Waals surface area contributed by atoms with Crippen molar-refractivity contribution in [3.63, 3.8) is 0 Å². The highest BCUT2D eigenvalue weighted by Gasteiger charge is 2.39. The molecule has 0 saturated carbocycles. The molecule has 0 aromatic carbocycles. The van der Waals surface area contributed by atoms with Gasteiger partial charge in [0, 0.05) is 5.57 Å². The minimum Gasteiger partial charge on any atom is -0.481 e. The highest BCUT2D eigenvalue weighted by molar-refractivity contribution is 6.13. The van der Waals surface area contributed by atoms with E-state index in [2.05, 4.69) is 6.58 Å². The minimum absolute atomic E-state index is 0.0182. The maximum Gasteiger partial charge on any atom is 0.305 e. The molecule has 0 spiro atoms. The van der Waals surface area contributed by atoms with Gasteiger partial charge in [0.15, 0.2) is 0 Å². The Labute approximate surface area is 104 Å². The van der Waals surface area contributed by atoms with Gasteiger partial charge in [-0.3, -0.25) is 19.3 Å². The fraction of sp³-hybridized carbons (Fsp3) is 0.308. The summed E-state index contributed by atoms with van der Waals surface area (Å²) in [5.74, 6) is -1.87. The van der Waals surface area contributed by atoms with Gasteiger partial charge in [0.25, 0.3) is 5.91 Å². The molecule has 1 fully saturated rings. The smallest absolute Gasteiger partial charge is 0.305 e. The van der Waals surface area contributed by atoms with Crippen molar-refractivity contribution in [3.8, 4) is 0 Å². The number of rotatable bonds is 4. The van der Waals surface area contributed by atoms with E-state index < -0.39 is 17.9 Å². The predicted octanol–water partition coefficient (Wildman–Crippen LogP) is 1.03. The Kier molecular flexibility index (Phi) is 3.14. The molecule has 0 radical (unpaired) electrons. The standard InChI is InChI=1S/C13H13NO4/c1-8-6-11(15)14(13(8)18)10(7-12(16)17)9-4-2-3-5-9/h2-4,10H,1,5-7H2,(H,16,17). The van der Waals surface area contributed by atoms with Gasteiger partial charge in [0.05, 0.1) is 18.9 Å². The molecular formula is C13H13NO4. The highest BCUT2D eigenvalue weighted by Crippen LogP contribution is 2.28. The normalized spacial score (nSPS) is 20.6. The van der Waals surface area contributed by atoms with Crippen LogP contribution < -0.4 is 0 Å². The van der Waals surface area contributed by atoms with Gasteiger partial charge in [-0.15, -0.1) is 0 Å². The molecule has 1 unspecified atom stereocenters. The number of carboxylic acid groups (broad SMARTS) is 1. The number of hydrogen-bond acceptors (Lipinski definition) is 3. The number of amides is 2. The van der Waals surface area contributed by atoms with Crippen molar-refractivity contribution < 1.29 is 19.5 Å². The van der Waals surface area contributed by atoms with Gasteiger partial charge < -0.3 is 5.11 Å². The van der Waals surface area contributed by atoms with E-state index in [1.165, 1.54) is 0 Å². The third-order valence-corrected chi connectivity index (χ3v) is 3.06. The van der Waals surface area contributed by atoms with E-state index in [0.717, 1.165) is 10.5 Å². The molecule has 1 aliphatic heterocycles. The lowest BCUT2D eigenvalue weighted by Gasteiger charge is -2.26. The molecule has 1 aliphatic carbocycles. The number of likely N-dealkylation sites (tertiary alicyclic amines) is 1. The molecule has 1 saturated heterocycles. The molecule has 1 N–H and O–H groups in total. The van der Waals surface area contributed by atoms with Crippen LogP contribution in [-0.4, -0.2) is 33.8 Å². The summed E-state index contributed by atoms with van der Waals surface area (Å²) in [6, 6.07) is -0.697. The number of hydrogen-bond donors (Lipinski definition) is 1. The third kappa shape index (κ3) is 2.11. The first kappa shape index (κ1) is 12.3. The van der Waals surface area contributed by atoms with Crippen molar-refractivity contribution in [2.24, 2.45) is 0 Å². The van der Waals surface area contributed by atoms with E-state index >= 15 is 0 Å². The molecule has 1 heterocycles. The van der Waals surface area contributed by atoms with E-state index in [4.69, 9.17) is 5.11 Å². The lowest BCUT2D eigenvalue weighted by Crippen LogP contribution is -2.41. The second kappa shape index (κ2) is 4.60. The van der Waals surface area contributed by atoms with Gasteiger partial charge in [-0.05, 0) is 12.0 Å². The number of allylic oxidation sites excluding steroid dienone is 3. The molecule has 0 aromatic heterocycles. The van der Waals surface area contributed by atoms with Crippen molar-refractivity contribution in [2.45, 2.75) is 25.3 Å². The molecule has 94 valence electrons. The van der Waals surface area contributed by atoms with Gasteiger partial charge in [-0.2, -0.15) is 0 Å². The SMILES string of the molecule is C=C1CC(=O)N(C(CC(=O)O)C2=CC=CC2)C1=O. The summed E-state index contributed by atoms with van der Waals surface area (Å²) >= 11 is 0. The van der Waals surface area contributed by atoms with Crippen LogP contribution in [0.15, 0.2) is 36.0 Å². The summed E-state index contributed by atoms with van der Waals surface area (Å²) in [6.45, 7) is 3.53. The van der Waals surface area contributed by atoms with Crippen molar-refractivity contribution >= 4 is 17.8 Å². The first-order valence-corrected chi connectivity index (χ1v) is 5.62. The molecule has 1 atom stereocenters. The van der Waals surface area contributed by atoms with Crippen LogP contribution in [0.4, 0.5) is 0 Å². The quantitative estimate of drug-likeness (QED) is 0.594. The van der Waals surface area contributed by atoms with Gasteiger partial charge in [-0.25, -0.2) is 0 Å². The largest absolute Gasteiger partial charge is 0.481 e. The molecule has 0 bridgehead atoms. The summed E-state index contributed by atoms with van der Waals surface area (Å²) in [5.41, 5.74) is 0.996. The molecule has 0 aromatic rings. The third-order valence-electron chi connectivity index (χ3n) is 3.06. The van der Waals surface area contributed by atoms with Crippen LogP contribution >= 0.6 is 0 Å². The van der Waals surface area contributed by atoms with Gasteiger partial charge in [-0.1, -0.05) is 24.8 Å². The topological polar surface area (TPSA) is 74.7 Å². The van der Waals surface area contributed by atoms with E-state index in [0.29, 0.717) is 6.42 Å². The minimum atomic E-state index is -1.04. The molecule has 2 aliphatic rings. The van der Waals surface area contributed by atoms with Crippen molar-refractivity contribution in [1.82, 2.24) is 4.90 Å². The Morgan fingerprint density at radius 2 is 2.22 bits per heavy atom. The lowest BCUT2D eigenvalue weighted by molar-refractivity contribution is -0.142. The number of carbonyl (C=O) groups is 3. The van der Waals surface area contributed by atoms with Gasteiger partial charge >= 0.3 is 5.97 Å². The second-order valence-electron chi connectivity index (χ2n) is 4.34. The van der Waals surface area contributed by atoms with Crippen LogP contribution in [0.5, 0.6) is 0 Å². The summed E-state index contributed by atoms with van der Waals surface area (Å²) in [5, 5.41) is 8.92. The van der Waals surface area contributed by atoms with E-state index in [1.807, 2.05) is 6.08 Å². The van der Waals surface area contributed by atoms with Gasteiger partial charge in [0.1, 0.15) is 0 Å². The summed E-state index contributed by atoms with van der Waals surface area (Å²) in [7, 11) is 0. The van der Waals surface area contributed by atoms with Crippen LogP contribution in [0.3, 0.4) is 0 Å². The van der Waals surface area contributed by atoms with Crippen LogP contribution in [0.2, 0.25) is 0 Å². The number of aliphatic carboxylic acids is 1. The fourth-order valence-electron chi connectivity index (χ4n) is 2.21. The molecule has 2 rings (SSSR count). The van der Waals surface area contributed by atoms with Gasteiger partial charge in [0.2, 0.25) is 5.91 Å². The zero-order valence-corrected chi connectivity index (χ0v) is 9.76. The maximum absolute atomic E-state index is 11.9. The number of carboxylic acids is 1. The first-order chi connectivity index (χ1) is 8.50. The van der Waals surface area contributed by atoms with Crippen LogP contribution in [-0.2, 0) is 14.4 Å². The number of imide groups is 1. The van der Waals surface area contributed by atoms with Crippen molar-refractivity contribution in [1.29, 1.82) is 0 Å². The van der Waals surface area contributed by atoms with Crippen molar-refractivity contribution in [3.05, 3.63) is 36.0 Å². The lowest BCUT2D eigenvalue weighted by atomic mass is 10.0. The number of nitrogens with zero attached hydrogens (tertiary/aromatic N) is 1. The van der Waals surface area contributed by atoms with Crippen LogP contribution in [0.25, 0.3) is 0 Å². The molecule has 5 nitrogen and oxygen atoms in total. The van der Waals surface area contributed by atoms with E-state index in [-0.39, 0.29) is 24.3 Å². The average Bonchev–Trinajstić information content (AvgIpc) is 2.87. The zero-order valence-electron chi connectivity index (χ0n) is 9.76. The summed E-state index contributed by atoms with van der Waals surface area (Å²) in [6.07, 6.45) is 5.71. The maximum atomic E-state index is 11.9. The second-order valence-corrected chi connectivity index (χ2v) is 4.34. The van der Waals surface area contributed by atoms with Crippen LogP contribution in [0, 0.1) is 0 Å². The number of carbonyl (C=O) groups excluding carboxylic acids is 2. The Morgan fingerprint density at radius 3 is 2.67 bits per heavy atom.